The van der Waals surface area contributed by atoms with Crippen molar-refractivity contribution in [2.75, 3.05) is 158 Å². The second-order valence-corrected chi connectivity index (χ2v) is 36.4. The van der Waals surface area contributed by atoms with E-state index >= 15 is 4.39 Å². The highest BCUT2D eigenvalue weighted by Gasteiger charge is 2.44. The minimum absolute atomic E-state index is 0.00149. The number of aliphatic hydroxyl groups excluding tert-OH is 4. The van der Waals surface area contributed by atoms with Crippen LogP contribution in [0.15, 0.2) is 128 Å². The zero-order valence-corrected chi connectivity index (χ0v) is 79.5. The number of carboxylic acid groups (broad SMARTS) is 1. The molecule has 46 heteroatoms. The third kappa shape index (κ3) is 29.3. The van der Waals surface area contributed by atoms with Gasteiger partial charge in [0.1, 0.15) is 97.1 Å². The van der Waals surface area contributed by atoms with E-state index in [0.29, 0.717) is 131 Å². The van der Waals surface area contributed by atoms with Crippen LogP contribution in [0.1, 0.15) is 61.9 Å². The lowest BCUT2D eigenvalue weighted by Crippen LogP contribution is -2.59. The molecule has 6 heterocycles. The van der Waals surface area contributed by atoms with E-state index in [0.717, 1.165) is 22.6 Å². The number of thiophene rings is 1. The summed E-state index contributed by atoms with van der Waals surface area (Å²) in [6, 6.07) is 26.2. The van der Waals surface area contributed by atoms with Crippen molar-refractivity contribution in [3.05, 3.63) is 161 Å². The molecule has 13 N–H and O–H groups in total. The number of hydrogen-bond acceptors (Lipinski definition) is 32. The van der Waals surface area contributed by atoms with Crippen LogP contribution in [0.2, 0.25) is 5.02 Å². The SMILES string of the molecule is COc1ccccc1-c1nccc(COc2ccccc2C[C@@H](Oc2ncnc3sc4c5ccc(F)cc5c5c(Cl)c(OCCN6CC[N+](C)(Cc7ccc(NC(=O)[C@H](CCCNC(N)=O)NC(=O)[C@@H](NC(=O)CCOCCN8C(=O)C=CC8=O)C(C)C)cc7CN(C)C(=O)CCOCCOC(=O)NS(=O)(=O)NCCOCCOCCO[C@@H]7OC(CO)[C@@H](O)[C@H](O)[C@H]7O)CC6)ccc5c4c23)C(=O)O)n1. The summed E-state index contributed by atoms with van der Waals surface area (Å²) >= 11 is 8.78. The lowest BCUT2D eigenvalue weighted by atomic mass is 9.97. The van der Waals surface area contributed by atoms with Crippen LogP contribution in [-0.4, -0.2) is 328 Å². The van der Waals surface area contributed by atoms with Gasteiger partial charge in [-0.3, -0.25) is 38.6 Å². The summed E-state index contributed by atoms with van der Waals surface area (Å²) in [5.41, 5.74) is 8.90. The van der Waals surface area contributed by atoms with Crippen LogP contribution in [0.25, 0.3) is 53.2 Å². The van der Waals surface area contributed by atoms with Crippen LogP contribution in [0, 0.1) is 11.7 Å². The quantitative estimate of drug-likeness (QED) is 0.0108. The number of imide groups is 1. The van der Waals surface area contributed by atoms with Crippen molar-refractivity contribution in [2.45, 2.75) is 115 Å². The summed E-state index contributed by atoms with van der Waals surface area (Å²) in [6.45, 7) is 5.14. The Labute approximate surface area is 807 Å². The summed E-state index contributed by atoms with van der Waals surface area (Å²) in [6.07, 6.45) is -5.09. The fourth-order valence-electron chi connectivity index (χ4n) is 15.8. The molecular formula is C93H114ClFN15O27S2+. The lowest BCUT2D eigenvalue weighted by molar-refractivity contribution is -0.926. The van der Waals surface area contributed by atoms with Gasteiger partial charge < -0.3 is 114 Å². The number of hydrogen-bond donors (Lipinski definition) is 12. The number of halogens is 2. The first-order valence-electron chi connectivity index (χ1n) is 44.9. The van der Waals surface area contributed by atoms with Crippen molar-refractivity contribution in [1.29, 1.82) is 0 Å². The van der Waals surface area contributed by atoms with Crippen LogP contribution >= 0.6 is 22.9 Å². The molecule has 0 spiro atoms. The molecule has 9 aromatic rings. The zero-order chi connectivity index (χ0) is 99.5. The number of amides is 9. The second-order valence-electron chi connectivity index (χ2n) is 33.5. The molecule has 0 saturated carbocycles. The number of nitrogens with zero attached hydrogens (tertiary/aromatic N) is 8. The molecule has 1 unspecified atom stereocenters. The van der Waals surface area contributed by atoms with E-state index < -0.39 is 132 Å². The number of likely N-dealkylation sites (N-methyl/N-ethyl adjacent to an activating group) is 1. The number of aliphatic carboxylic acids is 1. The molecular weight excluding hydrogens is 1880 g/mol. The Balaban J connectivity index is 0.673. The van der Waals surface area contributed by atoms with E-state index in [1.807, 2.05) is 36.4 Å². The number of carboxylic acids is 1. The number of nitrogens with two attached hydrogens (primary N) is 1. The molecule has 6 aromatic carbocycles. The minimum atomic E-state index is -4.40. The van der Waals surface area contributed by atoms with Gasteiger partial charge in [0.15, 0.2) is 12.1 Å². The smallest absolute Gasteiger partial charge is 0.421 e. The molecule has 12 rings (SSSR count). The topological polar surface area (TPSA) is 550 Å². The average Bonchev–Trinajstić information content (AvgIpc) is 1.58. The number of aromatic nitrogens is 4. The highest BCUT2D eigenvalue weighted by atomic mass is 35.5. The summed E-state index contributed by atoms with van der Waals surface area (Å²) in [5.74, 6) is -3.76. The summed E-state index contributed by atoms with van der Waals surface area (Å²) in [5, 5.41) is 64.5. The minimum Gasteiger partial charge on any atom is -0.496 e. The Morgan fingerprint density at radius 2 is 1.44 bits per heavy atom. The van der Waals surface area contributed by atoms with Crippen molar-refractivity contribution in [3.63, 3.8) is 0 Å². The number of aliphatic hydroxyl groups is 4. The van der Waals surface area contributed by atoms with E-state index in [2.05, 4.69) is 52.9 Å². The van der Waals surface area contributed by atoms with Gasteiger partial charge in [-0.25, -0.2) is 43.4 Å². The molecule has 2 saturated heterocycles. The molecule has 139 heavy (non-hydrogen) atoms. The van der Waals surface area contributed by atoms with Crippen LogP contribution in [0.3, 0.4) is 0 Å². The third-order valence-corrected chi connectivity index (χ3v) is 25.7. The average molecular weight is 1990 g/mol. The summed E-state index contributed by atoms with van der Waals surface area (Å²) in [4.78, 5) is 141. The number of ether oxygens (including phenoxy) is 11. The van der Waals surface area contributed by atoms with Crippen molar-refractivity contribution in [3.8, 4) is 34.5 Å². The molecule has 3 aliphatic heterocycles. The number of primary amides is 1. The van der Waals surface area contributed by atoms with Crippen molar-refractivity contribution in [1.82, 2.24) is 60.0 Å². The van der Waals surface area contributed by atoms with Gasteiger partial charge in [0.05, 0.1) is 128 Å². The van der Waals surface area contributed by atoms with Crippen molar-refractivity contribution in [2.24, 2.45) is 11.7 Å². The van der Waals surface area contributed by atoms with E-state index in [9.17, 15) is 77.1 Å². The molecule has 0 bridgehead atoms. The number of carbonyl (C=O) groups excluding carboxylic acids is 8. The Morgan fingerprint density at radius 3 is 2.19 bits per heavy atom. The van der Waals surface area contributed by atoms with Gasteiger partial charge in [-0.15, -0.1) is 11.3 Å². The monoisotopic (exact) mass is 1990 g/mol. The maximum Gasteiger partial charge on any atom is 0.421 e. The molecule has 0 aliphatic carbocycles. The Hall–Kier alpha value is -12.2. The standard InChI is InChI=1S/C93H113ClFN15O27S2/c1-55(2)80(105-72(112)25-36-128-39-33-109-74(114)22-23-75(109)115)87(120)104-66(13-10-27-98-92(96)123)86(119)103-60-18-16-57(58(47-60)50-107(3)73(113)26-37-129-44-46-134-93(124)106-139(125,126)101-29-38-130-41-42-131-43-45-133-91-83(118)82(117)81(116)71(52-111)137-91)51-110(4)34-30-108(31-35-110)32-40-132-69-21-20-64-76(79(69)94)65-49-59(95)17-19-62(65)84-77(64)78-88(99-54-100-89(78)138-84)136-70(90(121)122)48-56-11-6-8-14-67(56)135-53-61-24-28-97-85(102-61)63-12-7-9-15-68(63)127-5/h6-9,11-12,14-24,28,47,49,54-55,66,70-71,80-83,91,101,111,116-118H,10,13,25-27,29-46,48,50-53H2,1-5H3,(H7-,96,98,103,104,105,106,112,119,120,121,122,123,124)/p+1/t66-,70+,71?,80-,81+,82-,83+,91+/m0/s1. The van der Waals surface area contributed by atoms with Gasteiger partial charge in [-0.2, -0.15) is 13.1 Å². The maximum atomic E-state index is 15.6. The van der Waals surface area contributed by atoms with Gasteiger partial charge in [-0.1, -0.05) is 67.9 Å². The molecule has 2 fully saturated rings. The molecule has 3 aliphatic rings. The van der Waals surface area contributed by atoms with Crippen molar-refractivity contribution < 1.29 is 138 Å². The Morgan fingerprint density at radius 1 is 0.727 bits per heavy atom. The number of fused-ring (bicyclic) bond motifs is 8. The van der Waals surface area contributed by atoms with Crippen LogP contribution in [-0.2, 0) is 103 Å². The Kier molecular flexibility index (Phi) is 38.5. The lowest BCUT2D eigenvalue weighted by Gasteiger charge is -2.42. The predicted molar refractivity (Wildman–Crippen MR) is 504 cm³/mol. The summed E-state index contributed by atoms with van der Waals surface area (Å²) < 4.78 is 108. The number of para-hydroxylation sites is 2. The van der Waals surface area contributed by atoms with Gasteiger partial charge in [0.25, 0.3) is 11.8 Å². The molecule has 42 nitrogen and oxygen atoms in total. The number of methoxy groups -OCH3 is 1. The summed E-state index contributed by atoms with van der Waals surface area (Å²) in [7, 11) is 0.856. The van der Waals surface area contributed by atoms with Gasteiger partial charge >= 0.3 is 28.3 Å². The second kappa shape index (κ2) is 50.6. The number of nitrogens with one attached hydrogen (secondary N) is 6. The number of benzene rings is 6. The van der Waals surface area contributed by atoms with Gasteiger partial charge in [0.2, 0.25) is 35.6 Å². The first-order valence-corrected chi connectivity index (χ1v) is 47.6. The maximum absolute atomic E-state index is 15.6. The number of quaternary nitrogens is 1. The van der Waals surface area contributed by atoms with E-state index in [1.165, 1.54) is 34.7 Å². The van der Waals surface area contributed by atoms with Crippen LogP contribution in [0.4, 0.5) is 19.7 Å². The molecule has 748 valence electrons. The zero-order valence-electron chi connectivity index (χ0n) is 77.1. The number of piperazine rings is 1. The molecule has 0 radical (unpaired) electrons. The van der Waals surface area contributed by atoms with Crippen LogP contribution < -0.4 is 55.4 Å². The van der Waals surface area contributed by atoms with E-state index in [-0.39, 0.29) is 153 Å². The van der Waals surface area contributed by atoms with E-state index in [4.69, 9.17) is 74.4 Å². The number of urea groups is 1. The number of anilines is 1. The van der Waals surface area contributed by atoms with Gasteiger partial charge in [0, 0.05) is 110 Å². The highest BCUT2D eigenvalue weighted by molar-refractivity contribution is 7.88. The number of rotatable bonds is 53. The first-order chi connectivity index (χ1) is 66.8. The third-order valence-electron chi connectivity index (χ3n) is 23.2. The predicted octanol–water partition coefficient (Wildman–Crippen LogP) is 4.52. The van der Waals surface area contributed by atoms with Gasteiger partial charge in [-0.05, 0) is 101 Å². The fourth-order valence-corrected chi connectivity index (χ4v) is 18.0. The molecule has 3 aromatic heterocycles. The van der Waals surface area contributed by atoms with Crippen molar-refractivity contribution >= 4 is 134 Å². The molecule has 8 atom stereocenters. The normalized spacial score (nSPS) is 17.3. The van der Waals surface area contributed by atoms with Crippen LogP contribution in [0.5, 0.6) is 23.1 Å². The largest absolute Gasteiger partial charge is 0.496 e. The first kappa shape index (κ1) is 106. The number of carbonyl (C=O) groups is 9. The highest BCUT2D eigenvalue weighted by Crippen LogP contribution is 2.49. The fraction of sp³-hybridized carbons (Fsp3) is 0.452. The van der Waals surface area contributed by atoms with E-state index in [1.54, 1.807) is 93.5 Å². The molecule has 9 amide bonds. The Bertz CT molecular complexity index is 5960.